The fourth-order valence-corrected chi connectivity index (χ4v) is 4.85. The van der Waals surface area contributed by atoms with Crippen LogP contribution in [-0.4, -0.2) is 74.5 Å². The van der Waals surface area contributed by atoms with Crippen molar-refractivity contribution in [2.24, 2.45) is 5.92 Å². The SMILES string of the molecule is COc1ccc(N2CCN(C(=O)C3CCN(CC(=O)Nc4ccc(Cl)c(Cl)c4)CC3)CC2)cc1. The molecule has 0 saturated carbocycles. The van der Waals surface area contributed by atoms with Crippen molar-refractivity contribution in [3.8, 4) is 5.75 Å². The number of nitrogens with zero attached hydrogens (tertiary/aromatic N) is 3. The van der Waals surface area contributed by atoms with Crippen molar-refractivity contribution in [2.75, 3.05) is 63.1 Å². The van der Waals surface area contributed by atoms with E-state index in [1.807, 2.05) is 17.0 Å². The van der Waals surface area contributed by atoms with Crippen LogP contribution in [0.15, 0.2) is 42.5 Å². The van der Waals surface area contributed by atoms with Crippen molar-refractivity contribution in [1.29, 1.82) is 0 Å². The van der Waals surface area contributed by atoms with Crippen molar-refractivity contribution in [3.05, 3.63) is 52.5 Å². The number of nitrogens with one attached hydrogen (secondary N) is 1. The molecule has 0 spiro atoms. The lowest BCUT2D eigenvalue weighted by Gasteiger charge is -2.39. The fraction of sp³-hybridized carbons (Fsp3) is 0.440. The van der Waals surface area contributed by atoms with Crippen LogP contribution >= 0.6 is 23.2 Å². The summed E-state index contributed by atoms with van der Waals surface area (Å²) in [5.74, 6) is 1.02. The molecule has 0 unspecified atom stereocenters. The Balaban J connectivity index is 1.20. The van der Waals surface area contributed by atoms with E-state index in [1.54, 1.807) is 25.3 Å². The second kappa shape index (κ2) is 11.3. The van der Waals surface area contributed by atoms with Crippen molar-refractivity contribution in [3.63, 3.8) is 0 Å². The molecule has 2 saturated heterocycles. The molecule has 2 aromatic rings. The fourth-order valence-electron chi connectivity index (χ4n) is 4.55. The van der Waals surface area contributed by atoms with Crippen LogP contribution in [0, 0.1) is 5.92 Å². The first-order valence-corrected chi connectivity index (χ1v) is 12.3. The van der Waals surface area contributed by atoms with Crippen molar-refractivity contribution >= 4 is 46.4 Å². The molecule has 0 atom stereocenters. The molecule has 2 aliphatic heterocycles. The summed E-state index contributed by atoms with van der Waals surface area (Å²) in [5, 5.41) is 3.71. The summed E-state index contributed by atoms with van der Waals surface area (Å²) in [5.41, 5.74) is 1.78. The Morgan fingerprint density at radius 2 is 1.62 bits per heavy atom. The number of methoxy groups -OCH3 is 1. The molecule has 9 heteroatoms. The maximum Gasteiger partial charge on any atom is 0.238 e. The molecule has 182 valence electrons. The lowest BCUT2D eigenvalue weighted by Crippen LogP contribution is -2.52. The second-order valence-corrected chi connectivity index (χ2v) is 9.55. The van der Waals surface area contributed by atoms with E-state index in [0.29, 0.717) is 22.3 Å². The highest BCUT2D eigenvalue weighted by Crippen LogP contribution is 2.26. The Kier molecular flexibility index (Phi) is 8.19. The topological polar surface area (TPSA) is 65.1 Å². The zero-order valence-corrected chi connectivity index (χ0v) is 20.8. The summed E-state index contributed by atoms with van der Waals surface area (Å²) >= 11 is 11.9. The van der Waals surface area contributed by atoms with Gasteiger partial charge in [-0.3, -0.25) is 14.5 Å². The number of piperazine rings is 1. The molecule has 2 fully saturated rings. The van der Waals surface area contributed by atoms with E-state index in [1.165, 1.54) is 0 Å². The van der Waals surface area contributed by atoms with Gasteiger partial charge in [-0.05, 0) is 68.4 Å². The van der Waals surface area contributed by atoms with Gasteiger partial charge in [0.15, 0.2) is 0 Å². The van der Waals surface area contributed by atoms with Crippen molar-refractivity contribution in [2.45, 2.75) is 12.8 Å². The number of hydrogen-bond donors (Lipinski definition) is 1. The molecular formula is C25H30Cl2N4O3. The average molecular weight is 505 g/mol. The van der Waals surface area contributed by atoms with E-state index in [4.69, 9.17) is 27.9 Å². The Morgan fingerprint density at radius 3 is 2.24 bits per heavy atom. The number of rotatable bonds is 6. The van der Waals surface area contributed by atoms with Crippen LogP contribution < -0.4 is 15.0 Å². The molecule has 2 heterocycles. The van der Waals surface area contributed by atoms with Gasteiger partial charge in [-0.15, -0.1) is 0 Å². The first-order chi connectivity index (χ1) is 16.4. The van der Waals surface area contributed by atoms with Crippen molar-refractivity contribution in [1.82, 2.24) is 9.80 Å². The lowest BCUT2D eigenvalue weighted by atomic mass is 9.95. The molecule has 34 heavy (non-hydrogen) atoms. The van der Waals surface area contributed by atoms with E-state index < -0.39 is 0 Å². The number of carbonyl (C=O) groups excluding carboxylic acids is 2. The number of carbonyl (C=O) groups is 2. The number of piperidine rings is 1. The molecule has 2 aliphatic rings. The van der Waals surface area contributed by atoms with Gasteiger partial charge >= 0.3 is 0 Å². The molecular weight excluding hydrogens is 475 g/mol. The third-order valence-corrected chi connectivity index (χ3v) is 7.28. The number of halogens is 2. The van der Waals surface area contributed by atoms with E-state index in [2.05, 4.69) is 27.2 Å². The van der Waals surface area contributed by atoms with Gasteiger partial charge in [-0.2, -0.15) is 0 Å². The molecule has 0 aliphatic carbocycles. The number of hydrogen-bond acceptors (Lipinski definition) is 5. The molecule has 0 radical (unpaired) electrons. The molecule has 0 aromatic heterocycles. The molecule has 4 rings (SSSR count). The zero-order chi connectivity index (χ0) is 24.1. The van der Waals surface area contributed by atoms with E-state index in [0.717, 1.165) is 63.5 Å². The summed E-state index contributed by atoms with van der Waals surface area (Å²) in [7, 11) is 1.66. The highest BCUT2D eigenvalue weighted by atomic mass is 35.5. The van der Waals surface area contributed by atoms with Gasteiger partial charge in [0.1, 0.15) is 5.75 Å². The largest absolute Gasteiger partial charge is 0.497 e. The third-order valence-electron chi connectivity index (χ3n) is 6.54. The maximum absolute atomic E-state index is 13.1. The van der Waals surface area contributed by atoms with Crippen LogP contribution in [0.4, 0.5) is 11.4 Å². The monoisotopic (exact) mass is 504 g/mol. The van der Waals surface area contributed by atoms with E-state index in [-0.39, 0.29) is 17.7 Å². The third kappa shape index (κ3) is 6.14. The Bertz CT molecular complexity index is 1000. The van der Waals surface area contributed by atoms with Crippen molar-refractivity contribution < 1.29 is 14.3 Å². The smallest absolute Gasteiger partial charge is 0.238 e. The second-order valence-electron chi connectivity index (χ2n) is 8.74. The van der Waals surface area contributed by atoms with Gasteiger partial charge in [0.25, 0.3) is 0 Å². The molecule has 1 N–H and O–H groups in total. The quantitative estimate of drug-likeness (QED) is 0.643. The number of anilines is 2. The lowest BCUT2D eigenvalue weighted by molar-refractivity contribution is -0.137. The minimum Gasteiger partial charge on any atom is -0.497 e. The van der Waals surface area contributed by atoms with Gasteiger partial charge < -0.3 is 19.9 Å². The molecule has 2 aromatic carbocycles. The van der Waals surface area contributed by atoms with Gasteiger partial charge in [0, 0.05) is 43.5 Å². The standard InChI is InChI=1S/C25H30Cl2N4O3/c1-34-21-5-3-20(4-6-21)30-12-14-31(15-13-30)25(33)18-8-10-29(11-9-18)17-24(32)28-19-2-7-22(26)23(27)16-19/h2-7,16,18H,8-15,17H2,1H3,(H,28,32). The molecule has 7 nitrogen and oxygen atoms in total. The van der Waals surface area contributed by atoms with E-state index >= 15 is 0 Å². The summed E-state index contributed by atoms with van der Waals surface area (Å²) in [4.78, 5) is 31.9. The zero-order valence-electron chi connectivity index (χ0n) is 19.3. The predicted octanol–water partition coefficient (Wildman–Crippen LogP) is 4.00. The highest BCUT2D eigenvalue weighted by Gasteiger charge is 2.31. The number of likely N-dealkylation sites (tertiary alicyclic amines) is 1. The number of benzene rings is 2. The first-order valence-electron chi connectivity index (χ1n) is 11.6. The Morgan fingerprint density at radius 1 is 0.941 bits per heavy atom. The number of ether oxygens (including phenoxy) is 1. The summed E-state index contributed by atoms with van der Waals surface area (Å²) in [6, 6.07) is 13.1. The van der Waals surface area contributed by atoms with Crippen LogP contribution in [0.3, 0.4) is 0 Å². The Hall–Kier alpha value is -2.48. The van der Waals surface area contributed by atoms with Crippen LogP contribution in [-0.2, 0) is 9.59 Å². The summed E-state index contributed by atoms with van der Waals surface area (Å²) in [6.07, 6.45) is 1.55. The predicted molar refractivity (Wildman–Crippen MR) is 136 cm³/mol. The minimum absolute atomic E-state index is 0.0296. The van der Waals surface area contributed by atoms with Crippen LogP contribution in [0.5, 0.6) is 5.75 Å². The van der Waals surface area contributed by atoms with E-state index in [9.17, 15) is 9.59 Å². The van der Waals surface area contributed by atoms with Gasteiger partial charge in [-0.1, -0.05) is 23.2 Å². The van der Waals surface area contributed by atoms with Crippen LogP contribution in [0.1, 0.15) is 12.8 Å². The number of amides is 2. The van der Waals surface area contributed by atoms with Gasteiger partial charge in [0.05, 0.1) is 23.7 Å². The summed E-state index contributed by atoms with van der Waals surface area (Å²) < 4.78 is 5.23. The maximum atomic E-state index is 13.1. The summed E-state index contributed by atoms with van der Waals surface area (Å²) in [6.45, 7) is 4.88. The highest BCUT2D eigenvalue weighted by molar-refractivity contribution is 6.42. The Labute approximate surface area is 210 Å². The average Bonchev–Trinajstić information content (AvgIpc) is 2.86. The molecule has 0 bridgehead atoms. The molecule has 2 amide bonds. The van der Waals surface area contributed by atoms with Crippen LogP contribution in [0.25, 0.3) is 0 Å². The first kappa shape index (κ1) is 24.6. The minimum atomic E-state index is -0.0992. The van der Waals surface area contributed by atoms with Crippen LogP contribution in [0.2, 0.25) is 10.0 Å². The normalized spacial score (nSPS) is 17.5. The van der Waals surface area contributed by atoms with Gasteiger partial charge in [-0.25, -0.2) is 0 Å². The van der Waals surface area contributed by atoms with Gasteiger partial charge in [0.2, 0.25) is 11.8 Å².